The Kier molecular flexibility index (Phi) is 3.01. The van der Waals surface area contributed by atoms with Gasteiger partial charge < -0.3 is 4.57 Å². The number of carbonyl (C=O) groups excluding carboxylic acids is 1. The van der Waals surface area contributed by atoms with Gasteiger partial charge in [0.1, 0.15) is 0 Å². The van der Waals surface area contributed by atoms with Crippen molar-refractivity contribution >= 4 is 17.2 Å². The van der Waals surface area contributed by atoms with Crippen LogP contribution in [-0.4, -0.2) is 10.5 Å². The van der Waals surface area contributed by atoms with E-state index in [0.29, 0.717) is 10.4 Å². The molecule has 1 amide bonds. The molecule has 1 aromatic heterocycles. The molecule has 3 nitrogen and oxygen atoms in total. The average Bonchev–Trinajstić information content (AvgIpc) is 2.65. The van der Waals surface area contributed by atoms with E-state index in [2.05, 4.69) is 4.99 Å². The second kappa shape index (κ2) is 4.45. The van der Waals surface area contributed by atoms with Crippen molar-refractivity contribution in [2.24, 2.45) is 12.0 Å². The van der Waals surface area contributed by atoms with Crippen LogP contribution in [0.3, 0.4) is 0 Å². The molecule has 1 heterocycles. The molecule has 0 atom stereocenters. The molecular weight excluding hydrogens is 220 g/mol. The number of thiazole rings is 1. The Balaban J connectivity index is 2.34. The third-order valence-corrected chi connectivity index (χ3v) is 3.10. The van der Waals surface area contributed by atoms with Crippen molar-refractivity contribution in [3.05, 3.63) is 51.8 Å². The summed E-state index contributed by atoms with van der Waals surface area (Å²) in [6, 6.07) is 7.43. The molecule has 0 unspecified atom stereocenters. The molecule has 0 fully saturated rings. The van der Waals surface area contributed by atoms with E-state index in [1.165, 1.54) is 11.3 Å². The summed E-state index contributed by atoms with van der Waals surface area (Å²) in [5.74, 6) is -0.196. The number of aryl methyl sites for hydroxylation is 2. The quantitative estimate of drug-likeness (QED) is 0.741. The van der Waals surface area contributed by atoms with Gasteiger partial charge in [-0.2, -0.15) is 4.99 Å². The van der Waals surface area contributed by atoms with Gasteiger partial charge in [-0.1, -0.05) is 17.7 Å². The first kappa shape index (κ1) is 10.8. The molecule has 0 saturated heterocycles. The Morgan fingerprint density at radius 2 is 2.00 bits per heavy atom. The van der Waals surface area contributed by atoms with E-state index in [0.717, 1.165) is 5.56 Å². The van der Waals surface area contributed by atoms with E-state index < -0.39 is 0 Å². The number of rotatable bonds is 1. The Morgan fingerprint density at radius 1 is 1.31 bits per heavy atom. The second-order valence-corrected chi connectivity index (χ2v) is 4.45. The minimum Gasteiger partial charge on any atom is -0.327 e. The van der Waals surface area contributed by atoms with E-state index in [-0.39, 0.29) is 5.91 Å². The summed E-state index contributed by atoms with van der Waals surface area (Å²) in [5, 5.41) is 1.90. The van der Waals surface area contributed by atoms with Crippen LogP contribution in [0.2, 0.25) is 0 Å². The Bertz CT molecular complexity index is 563. The van der Waals surface area contributed by atoms with Crippen molar-refractivity contribution in [3.8, 4) is 0 Å². The van der Waals surface area contributed by atoms with Crippen molar-refractivity contribution in [1.29, 1.82) is 0 Å². The molecule has 0 N–H and O–H groups in total. The predicted molar refractivity (Wildman–Crippen MR) is 64.4 cm³/mol. The lowest BCUT2D eigenvalue weighted by atomic mass is 10.1. The largest absolute Gasteiger partial charge is 0.327 e. The van der Waals surface area contributed by atoms with Crippen molar-refractivity contribution in [3.63, 3.8) is 0 Å². The molecule has 0 bridgehead atoms. The molecule has 2 rings (SSSR count). The molecule has 0 radical (unpaired) electrons. The summed E-state index contributed by atoms with van der Waals surface area (Å²) in [5.41, 5.74) is 1.76. The third kappa shape index (κ3) is 2.28. The van der Waals surface area contributed by atoms with Gasteiger partial charge >= 0.3 is 0 Å². The summed E-state index contributed by atoms with van der Waals surface area (Å²) in [6.45, 7) is 1.99. The molecule has 82 valence electrons. The lowest BCUT2D eigenvalue weighted by molar-refractivity contribution is 0.0998. The average molecular weight is 232 g/mol. The van der Waals surface area contributed by atoms with Gasteiger partial charge in [0, 0.05) is 24.2 Å². The smallest absolute Gasteiger partial charge is 0.279 e. The van der Waals surface area contributed by atoms with Crippen LogP contribution >= 0.6 is 11.3 Å². The number of benzene rings is 1. The van der Waals surface area contributed by atoms with E-state index in [9.17, 15) is 4.79 Å². The number of amides is 1. The lowest BCUT2D eigenvalue weighted by Gasteiger charge is -1.96. The number of hydrogen-bond acceptors (Lipinski definition) is 2. The lowest BCUT2D eigenvalue weighted by Crippen LogP contribution is -2.12. The summed E-state index contributed by atoms with van der Waals surface area (Å²) < 4.78 is 1.83. The molecule has 2 aromatic rings. The van der Waals surface area contributed by atoms with Crippen LogP contribution in [0.25, 0.3) is 0 Å². The summed E-state index contributed by atoms with van der Waals surface area (Å²) in [7, 11) is 1.87. The normalized spacial score (nSPS) is 11.8. The number of hydrogen-bond donors (Lipinski definition) is 0. The fourth-order valence-electron chi connectivity index (χ4n) is 1.28. The van der Waals surface area contributed by atoms with Crippen LogP contribution in [0, 0.1) is 6.92 Å². The van der Waals surface area contributed by atoms with Crippen LogP contribution in [0.15, 0.2) is 40.8 Å². The molecular formula is C12H12N2OS. The van der Waals surface area contributed by atoms with Gasteiger partial charge in [-0.05, 0) is 19.1 Å². The molecule has 4 heteroatoms. The maximum atomic E-state index is 11.8. The molecule has 0 saturated carbocycles. The minimum atomic E-state index is -0.196. The highest BCUT2D eigenvalue weighted by molar-refractivity contribution is 7.07. The van der Waals surface area contributed by atoms with Gasteiger partial charge in [-0.15, -0.1) is 11.3 Å². The highest BCUT2D eigenvalue weighted by Crippen LogP contribution is 2.04. The van der Waals surface area contributed by atoms with Gasteiger partial charge in [0.25, 0.3) is 5.91 Å². The van der Waals surface area contributed by atoms with Crippen molar-refractivity contribution in [2.75, 3.05) is 0 Å². The molecule has 1 aromatic carbocycles. The Morgan fingerprint density at radius 3 is 2.56 bits per heavy atom. The fraction of sp³-hybridized carbons (Fsp3) is 0.167. The maximum absolute atomic E-state index is 11.8. The molecule has 16 heavy (non-hydrogen) atoms. The molecule has 0 aliphatic rings. The number of nitrogens with zero attached hydrogens (tertiary/aromatic N) is 2. The Hall–Kier alpha value is -1.68. The predicted octanol–water partition coefficient (Wildman–Crippen LogP) is 2.14. The maximum Gasteiger partial charge on any atom is 0.279 e. The van der Waals surface area contributed by atoms with Crippen LogP contribution in [0.1, 0.15) is 15.9 Å². The first-order valence-electron chi connectivity index (χ1n) is 4.92. The zero-order chi connectivity index (χ0) is 11.5. The highest BCUT2D eigenvalue weighted by atomic mass is 32.1. The van der Waals surface area contributed by atoms with Gasteiger partial charge in [-0.25, -0.2) is 0 Å². The summed E-state index contributed by atoms with van der Waals surface area (Å²) >= 11 is 1.45. The number of aromatic nitrogens is 1. The minimum absolute atomic E-state index is 0.196. The molecule has 0 aliphatic carbocycles. The highest BCUT2D eigenvalue weighted by Gasteiger charge is 2.03. The zero-order valence-electron chi connectivity index (χ0n) is 9.18. The summed E-state index contributed by atoms with van der Waals surface area (Å²) in [4.78, 5) is 16.6. The van der Waals surface area contributed by atoms with E-state index in [1.54, 1.807) is 12.1 Å². The standard InChI is InChI=1S/C12H12N2OS/c1-9-3-5-10(6-4-9)11(15)13-12-14(2)7-8-16-12/h3-8H,1-2H3. The topological polar surface area (TPSA) is 34.4 Å². The van der Waals surface area contributed by atoms with Crippen LogP contribution < -0.4 is 4.80 Å². The molecule has 0 spiro atoms. The van der Waals surface area contributed by atoms with E-state index >= 15 is 0 Å². The van der Waals surface area contributed by atoms with Crippen LogP contribution in [-0.2, 0) is 7.05 Å². The van der Waals surface area contributed by atoms with E-state index in [4.69, 9.17) is 0 Å². The fourth-order valence-corrected chi connectivity index (χ4v) is 2.01. The molecule has 0 aliphatic heterocycles. The SMILES string of the molecule is Cc1ccc(C(=O)N=c2sccn2C)cc1. The number of carbonyl (C=O) groups is 1. The van der Waals surface area contributed by atoms with Crippen molar-refractivity contribution < 1.29 is 4.79 Å². The van der Waals surface area contributed by atoms with Gasteiger partial charge in [0.15, 0.2) is 4.80 Å². The van der Waals surface area contributed by atoms with Gasteiger partial charge in [-0.3, -0.25) is 4.79 Å². The van der Waals surface area contributed by atoms with E-state index in [1.807, 2.05) is 42.2 Å². The summed E-state index contributed by atoms with van der Waals surface area (Å²) in [6.07, 6.45) is 1.88. The zero-order valence-corrected chi connectivity index (χ0v) is 9.99. The second-order valence-electron chi connectivity index (χ2n) is 3.58. The van der Waals surface area contributed by atoms with Gasteiger partial charge in [0.2, 0.25) is 0 Å². The first-order chi connectivity index (χ1) is 7.66. The van der Waals surface area contributed by atoms with Crippen LogP contribution in [0.4, 0.5) is 0 Å². The Labute approximate surface area is 97.7 Å². The van der Waals surface area contributed by atoms with Gasteiger partial charge in [0.05, 0.1) is 0 Å². The van der Waals surface area contributed by atoms with Crippen LogP contribution in [0.5, 0.6) is 0 Å². The monoisotopic (exact) mass is 232 g/mol. The van der Waals surface area contributed by atoms with Crippen molar-refractivity contribution in [1.82, 2.24) is 4.57 Å². The first-order valence-corrected chi connectivity index (χ1v) is 5.80. The third-order valence-electron chi connectivity index (χ3n) is 2.26. The van der Waals surface area contributed by atoms with Crippen molar-refractivity contribution in [2.45, 2.75) is 6.92 Å².